The number of methoxy groups -OCH3 is 1. The summed E-state index contributed by atoms with van der Waals surface area (Å²) in [7, 11) is 1.64. The fraction of sp³-hybridized carbons (Fsp3) is 0.261. The zero-order valence-corrected chi connectivity index (χ0v) is 15.8. The zero-order valence-electron chi connectivity index (χ0n) is 15.8. The van der Waals surface area contributed by atoms with Crippen LogP contribution in [0.1, 0.15) is 37.3 Å². The number of amides is 1. The van der Waals surface area contributed by atoms with Crippen molar-refractivity contribution in [1.29, 1.82) is 0 Å². The molecule has 4 heteroatoms. The number of carbonyl (C=O) groups is 1. The van der Waals surface area contributed by atoms with Gasteiger partial charge in [-0.1, -0.05) is 48.5 Å². The fourth-order valence-corrected chi connectivity index (χ4v) is 3.81. The minimum absolute atomic E-state index is 0.00791. The van der Waals surface area contributed by atoms with Crippen LogP contribution >= 0.6 is 0 Å². The van der Waals surface area contributed by atoms with E-state index >= 15 is 0 Å². The van der Waals surface area contributed by atoms with Crippen LogP contribution < -0.4 is 14.8 Å². The first-order valence-corrected chi connectivity index (χ1v) is 9.23. The van der Waals surface area contributed by atoms with Gasteiger partial charge in [-0.3, -0.25) is 4.79 Å². The first kappa shape index (κ1) is 17.4. The summed E-state index contributed by atoms with van der Waals surface area (Å²) in [5, 5.41) is 5.25. The summed E-state index contributed by atoms with van der Waals surface area (Å²) in [6.07, 6.45) is 0.390. The molecule has 4 nitrogen and oxygen atoms in total. The van der Waals surface area contributed by atoms with Gasteiger partial charge in [0.1, 0.15) is 0 Å². The van der Waals surface area contributed by atoms with Crippen molar-refractivity contribution in [1.82, 2.24) is 0 Å². The molecule has 1 atom stereocenters. The molecule has 1 aliphatic rings. The summed E-state index contributed by atoms with van der Waals surface area (Å²) in [5.41, 5.74) is 2.98. The smallest absolute Gasteiger partial charge is 0.225 e. The van der Waals surface area contributed by atoms with Crippen LogP contribution in [0.5, 0.6) is 11.5 Å². The second-order valence-electron chi connectivity index (χ2n) is 7.10. The molecule has 3 aromatic rings. The highest BCUT2D eigenvalue weighted by Gasteiger charge is 2.31. The van der Waals surface area contributed by atoms with E-state index in [9.17, 15) is 4.79 Å². The molecular formula is C23H23NO3. The molecule has 1 aliphatic heterocycles. The molecule has 1 heterocycles. The first-order valence-electron chi connectivity index (χ1n) is 9.23. The maximum atomic E-state index is 12.6. The Kier molecular flexibility index (Phi) is 4.48. The summed E-state index contributed by atoms with van der Waals surface area (Å²) in [4.78, 5) is 12.6. The minimum atomic E-state index is -0.0813. The van der Waals surface area contributed by atoms with Crippen LogP contribution in [0.15, 0.2) is 54.6 Å². The summed E-state index contributed by atoms with van der Waals surface area (Å²) >= 11 is 0. The highest BCUT2D eigenvalue weighted by atomic mass is 16.5. The number of fused-ring (bicyclic) bond motifs is 3. The summed E-state index contributed by atoms with van der Waals surface area (Å²) in [6.45, 7) is 3.98. The number of rotatable bonds is 4. The molecular weight excluding hydrogens is 338 g/mol. The number of ether oxygens (including phenoxy) is 2. The van der Waals surface area contributed by atoms with Crippen LogP contribution in [0.2, 0.25) is 0 Å². The summed E-state index contributed by atoms with van der Waals surface area (Å²) in [6, 6.07) is 18.2. The number of nitrogens with one attached hydrogen (secondary N) is 1. The van der Waals surface area contributed by atoms with Crippen molar-refractivity contribution < 1.29 is 14.3 Å². The molecule has 4 rings (SSSR count). The van der Waals surface area contributed by atoms with Gasteiger partial charge in [-0.25, -0.2) is 0 Å². The molecule has 0 unspecified atom stereocenters. The van der Waals surface area contributed by atoms with Crippen LogP contribution in [-0.4, -0.2) is 19.1 Å². The Morgan fingerprint density at radius 1 is 1.00 bits per heavy atom. The van der Waals surface area contributed by atoms with Crippen molar-refractivity contribution in [3.63, 3.8) is 0 Å². The van der Waals surface area contributed by atoms with Gasteiger partial charge < -0.3 is 14.8 Å². The van der Waals surface area contributed by atoms with Gasteiger partial charge in [-0.05, 0) is 30.9 Å². The molecule has 0 aliphatic carbocycles. The quantitative estimate of drug-likeness (QED) is 0.702. The van der Waals surface area contributed by atoms with Crippen LogP contribution in [0.4, 0.5) is 5.69 Å². The molecule has 0 aromatic heterocycles. The van der Waals surface area contributed by atoms with Gasteiger partial charge in [0.15, 0.2) is 11.5 Å². The summed E-state index contributed by atoms with van der Waals surface area (Å²) in [5.74, 6) is 1.34. The number of carbonyl (C=O) groups excluding carboxylic acids is 1. The average molecular weight is 361 g/mol. The zero-order chi connectivity index (χ0) is 19.0. The van der Waals surface area contributed by atoms with Gasteiger partial charge in [0, 0.05) is 23.3 Å². The van der Waals surface area contributed by atoms with Crippen molar-refractivity contribution in [2.45, 2.75) is 32.3 Å². The average Bonchev–Trinajstić information content (AvgIpc) is 2.67. The topological polar surface area (TPSA) is 47.6 Å². The molecule has 0 saturated heterocycles. The predicted molar refractivity (Wildman–Crippen MR) is 108 cm³/mol. The predicted octanol–water partition coefficient (Wildman–Crippen LogP) is 5.11. The third-order valence-corrected chi connectivity index (χ3v) is 4.95. The molecule has 0 spiro atoms. The largest absolute Gasteiger partial charge is 0.493 e. The lowest BCUT2D eigenvalue weighted by Crippen LogP contribution is -2.24. The van der Waals surface area contributed by atoms with Crippen LogP contribution in [0.3, 0.4) is 0 Å². The van der Waals surface area contributed by atoms with E-state index in [-0.39, 0.29) is 17.9 Å². The Balaban J connectivity index is 1.92. The number of benzene rings is 3. The standard InChI is InChI=1S/C23H23NO3/c1-14(2)27-23-18(9-6-10-20(23)26-3)19-13-21(25)24-22-16-8-5-4-7-15(16)11-12-17(19)22/h4-12,14,19H,13H2,1-3H3,(H,24,25)/t19-/m0/s1. The Labute approximate surface area is 159 Å². The second-order valence-corrected chi connectivity index (χ2v) is 7.10. The Hall–Kier alpha value is -3.01. The van der Waals surface area contributed by atoms with E-state index < -0.39 is 0 Å². The molecule has 0 radical (unpaired) electrons. The summed E-state index contributed by atoms with van der Waals surface area (Å²) < 4.78 is 11.6. The molecule has 0 bridgehead atoms. The van der Waals surface area contributed by atoms with Gasteiger partial charge >= 0.3 is 0 Å². The Morgan fingerprint density at radius 3 is 2.59 bits per heavy atom. The highest BCUT2D eigenvalue weighted by molar-refractivity contribution is 6.06. The molecule has 3 aromatic carbocycles. The molecule has 0 fully saturated rings. The number of anilines is 1. The van der Waals surface area contributed by atoms with Gasteiger partial charge in [0.05, 0.1) is 18.9 Å². The van der Waals surface area contributed by atoms with Crippen molar-refractivity contribution in [2.75, 3.05) is 12.4 Å². The maximum Gasteiger partial charge on any atom is 0.225 e. The number of hydrogen-bond acceptors (Lipinski definition) is 3. The van der Waals surface area contributed by atoms with Crippen LogP contribution in [0, 0.1) is 0 Å². The lowest BCUT2D eigenvalue weighted by atomic mass is 9.82. The van der Waals surface area contributed by atoms with Gasteiger partial charge in [-0.2, -0.15) is 0 Å². The van der Waals surface area contributed by atoms with E-state index in [0.717, 1.165) is 27.6 Å². The SMILES string of the molecule is COc1cccc([C@H]2CC(=O)Nc3c2ccc2ccccc32)c1OC(C)C. The third-order valence-electron chi connectivity index (χ3n) is 4.95. The monoisotopic (exact) mass is 361 g/mol. The molecule has 0 saturated carbocycles. The Morgan fingerprint density at radius 2 is 1.81 bits per heavy atom. The fourth-order valence-electron chi connectivity index (χ4n) is 3.81. The van der Waals surface area contributed by atoms with E-state index in [0.29, 0.717) is 17.9 Å². The van der Waals surface area contributed by atoms with Gasteiger partial charge in [0.25, 0.3) is 0 Å². The molecule has 1 amide bonds. The lowest BCUT2D eigenvalue weighted by Gasteiger charge is -2.29. The molecule has 138 valence electrons. The van der Waals surface area contributed by atoms with Crippen LogP contribution in [0.25, 0.3) is 10.8 Å². The van der Waals surface area contributed by atoms with E-state index in [1.54, 1.807) is 7.11 Å². The minimum Gasteiger partial charge on any atom is -0.493 e. The first-order chi connectivity index (χ1) is 13.1. The second kappa shape index (κ2) is 6.95. The third kappa shape index (κ3) is 3.12. The number of hydrogen-bond donors (Lipinski definition) is 1. The number of para-hydroxylation sites is 1. The molecule has 1 N–H and O–H groups in total. The molecule has 27 heavy (non-hydrogen) atoms. The lowest BCUT2D eigenvalue weighted by molar-refractivity contribution is -0.116. The van der Waals surface area contributed by atoms with Crippen molar-refractivity contribution in [3.05, 3.63) is 65.7 Å². The van der Waals surface area contributed by atoms with Crippen molar-refractivity contribution >= 4 is 22.4 Å². The van der Waals surface area contributed by atoms with Crippen molar-refractivity contribution in [3.8, 4) is 11.5 Å². The van der Waals surface area contributed by atoms with Gasteiger partial charge in [0.2, 0.25) is 5.91 Å². The Bertz CT molecular complexity index is 1010. The van der Waals surface area contributed by atoms with Crippen molar-refractivity contribution in [2.24, 2.45) is 0 Å². The van der Waals surface area contributed by atoms with Crippen LogP contribution in [-0.2, 0) is 4.79 Å². The van der Waals surface area contributed by atoms with E-state index in [4.69, 9.17) is 9.47 Å². The maximum absolute atomic E-state index is 12.6. The van der Waals surface area contributed by atoms with E-state index in [1.165, 1.54) is 0 Å². The van der Waals surface area contributed by atoms with E-state index in [1.807, 2.05) is 50.2 Å². The normalized spacial score (nSPS) is 16.1. The van der Waals surface area contributed by atoms with Gasteiger partial charge in [-0.15, -0.1) is 0 Å². The van der Waals surface area contributed by atoms with E-state index in [2.05, 4.69) is 23.5 Å². The highest BCUT2D eigenvalue weighted by Crippen LogP contribution is 2.46.